The Morgan fingerprint density at radius 3 is 3.23 bits per heavy atom. The summed E-state index contributed by atoms with van der Waals surface area (Å²) in [7, 11) is 0. The van der Waals surface area contributed by atoms with Crippen molar-refractivity contribution >= 4 is 5.97 Å². The van der Waals surface area contributed by atoms with Crippen molar-refractivity contribution in [3.8, 4) is 0 Å². The maximum Gasteiger partial charge on any atom is 0.313 e. The Bertz CT molecular complexity index is 599. The average molecular weight is 301 g/mol. The molecule has 4 aliphatic rings. The normalized spacial score (nSPS) is 26.9. The van der Waals surface area contributed by atoms with Crippen molar-refractivity contribution < 1.29 is 14.3 Å². The van der Waals surface area contributed by atoms with E-state index in [1.165, 1.54) is 28.8 Å². The third kappa shape index (κ3) is 2.08. The van der Waals surface area contributed by atoms with Crippen LogP contribution in [0.1, 0.15) is 39.0 Å². The molecule has 0 amide bonds. The quantitative estimate of drug-likeness (QED) is 0.735. The second-order valence-electron chi connectivity index (χ2n) is 6.41. The first-order valence-electron chi connectivity index (χ1n) is 8.50. The van der Waals surface area contributed by atoms with E-state index in [-0.39, 0.29) is 11.9 Å². The Balaban J connectivity index is 1.78. The van der Waals surface area contributed by atoms with Crippen LogP contribution in [-0.2, 0) is 14.3 Å². The highest BCUT2D eigenvalue weighted by molar-refractivity contribution is 5.77. The van der Waals surface area contributed by atoms with E-state index < -0.39 is 0 Å². The van der Waals surface area contributed by atoms with Crippen LogP contribution in [0.4, 0.5) is 0 Å². The number of allylic oxidation sites excluding steroid dienone is 2. The molecule has 0 fully saturated rings. The Morgan fingerprint density at radius 2 is 2.36 bits per heavy atom. The predicted molar refractivity (Wildman–Crippen MR) is 82.9 cm³/mol. The van der Waals surface area contributed by atoms with Crippen LogP contribution in [0.15, 0.2) is 34.3 Å². The number of carbonyl (C=O) groups is 1. The summed E-state index contributed by atoms with van der Waals surface area (Å²) in [5.74, 6) is 0.824. The van der Waals surface area contributed by atoms with E-state index in [4.69, 9.17) is 9.47 Å². The first kappa shape index (κ1) is 13.9. The second kappa shape index (κ2) is 5.49. The van der Waals surface area contributed by atoms with Gasteiger partial charge in [0.05, 0.1) is 19.1 Å². The van der Waals surface area contributed by atoms with Gasteiger partial charge in [-0.1, -0.05) is 6.08 Å². The van der Waals surface area contributed by atoms with Gasteiger partial charge in [0.15, 0.2) is 0 Å². The largest absolute Gasteiger partial charge is 0.493 e. The molecule has 0 bridgehead atoms. The number of ether oxygens (including phenoxy) is 2. The number of hydrogen-bond acceptors (Lipinski definition) is 4. The summed E-state index contributed by atoms with van der Waals surface area (Å²) >= 11 is 0. The van der Waals surface area contributed by atoms with Gasteiger partial charge in [-0.3, -0.25) is 4.79 Å². The molecule has 0 aromatic carbocycles. The summed E-state index contributed by atoms with van der Waals surface area (Å²) in [6, 6.07) is 0. The Labute approximate surface area is 131 Å². The van der Waals surface area contributed by atoms with Gasteiger partial charge in [0.1, 0.15) is 5.76 Å². The molecule has 0 saturated heterocycles. The molecule has 118 valence electrons. The van der Waals surface area contributed by atoms with Crippen LogP contribution in [0.5, 0.6) is 0 Å². The Kier molecular flexibility index (Phi) is 3.47. The monoisotopic (exact) mass is 301 g/mol. The van der Waals surface area contributed by atoms with Crippen LogP contribution >= 0.6 is 0 Å². The molecule has 0 spiro atoms. The number of hydrogen-bond donors (Lipinski definition) is 0. The maximum atomic E-state index is 12.3. The molecule has 4 heteroatoms. The molecule has 1 aliphatic carbocycles. The summed E-state index contributed by atoms with van der Waals surface area (Å²) in [5.41, 5.74) is 5.31. The lowest BCUT2D eigenvalue weighted by molar-refractivity contribution is -0.147. The molecule has 1 unspecified atom stereocenters. The summed E-state index contributed by atoms with van der Waals surface area (Å²) in [4.78, 5) is 14.8. The van der Waals surface area contributed by atoms with Gasteiger partial charge in [-0.2, -0.15) is 0 Å². The van der Waals surface area contributed by atoms with Crippen molar-refractivity contribution in [1.82, 2.24) is 4.90 Å². The van der Waals surface area contributed by atoms with Crippen LogP contribution in [0.2, 0.25) is 0 Å². The van der Waals surface area contributed by atoms with E-state index in [1.807, 2.05) is 6.92 Å². The van der Waals surface area contributed by atoms with E-state index in [9.17, 15) is 4.79 Å². The lowest BCUT2D eigenvalue weighted by atomic mass is 9.77. The Morgan fingerprint density at radius 1 is 1.45 bits per heavy atom. The standard InChI is InChI=1S/C18H23NO3/c1-2-21-18(20)13-7-10-22-17-14-6-4-9-19-8-3-5-12(16(14)19)11-15(13)17/h5,13H,2-4,6-11H2,1H3. The van der Waals surface area contributed by atoms with E-state index in [1.54, 1.807) is 0 Å². The van der Waals surface area contributed by atoms with Gasteiger partial charge in [0.2, 0.25) is 0 Å². The van der Waals surface area contributed by atoms with Gasteiger partial charge < -0.3 is 14.4 Å². The molecular formula is C18H23NO3. The fourth-order valence-electron chi connectivity index (χ4n) is 4.25. The van der Waals surface area contributed by atoms with Crippen LogP contribution in [0, 0.1) is 5.92 Å². The van der Waals surface area contributed by atoms with Crippen molar-refractivity contribution in [2.75, 3.05) is 26.3 Å². The van der Waals surface area contributed by atoms with Gasteiger partial charge in [-0.15, -0.1) is 0 Å². The van der Waals surface area contributed by atoms with Gasteiger partial charge in [-0.25, -0.2) is 0 Å². The van der Waals surface area contributed by atoms with Crippen molar-refractivity contribution in [2.45, 2.75) is 39.0 Å². The van der Waals surface area contributed by atoms with Gasteiger partial charge in [0.25, 0.3) is 0 Å². The molecule has 0 aromatic heterocycles. The summed E-state index contributed by atoms with van der Waals surface area (Å²) in [5, 5.41) is 0. The maximum absolute atomic E-state index is 12.3. The highest BCUT2D eigenvalue weighted by atomic mass is 16.5. The number of fused-ring (bicyclic) bond motifs is 1. The van der Waals surface area contributed by atoms with Crippen LogP contribution in [0.25, 0.3) is 0 Å². The van der Waals surface area contributed by atoms with Crippen LogP contribution < -0.4 is 0 Å². The Hall–Kier alpha value is -1.71. The summed E-state index contributed by atoms with van der Waals surface area (Å²) in [6.07, 6.45) is 7.32. The zero-order chi connectivity index (χ0) is 15.1. The SMILES string of the molecule is CCOC(=O)C1CCOC2=C1CC1=CCCN3CCCC2=C13. The molecular weight excluding hydrogens is 278 g/mol. The zero-order valence-corrected chi connectivity index (χ0v) is 13.2. The summed E-state index contributed by atoms with van der Waals surface area (Å²) in [6.45, 7) is 5.21. The van der Waals surface area contributed by atoms with E-state index in [0.29, 0.717) is 13.2 Å². The lowest BCUT2D eigenvalue weighted by Gasteiger charge is -2.43. The third-order valence-corrected chi connectivity index (χ3v) is 5.14. The molecule has 0 radical (unpaired) electrons. The zero-order valence-electron chi connectivity index (χ0n) is 13.2. The highest BCUT2D eigenvalue weighted by Gasteiger charge is 2.39. The molecule has 1 atom stereocenters. The molecule has 4 rings (SSSR count). The predicted octanol–water partition coefficient (Wildman–Crippen LogP) is 2.92. The highest BCUT2D eigenvalue weighted by Crippen LogP contribution is 2.47. The minimum absolute atomic E-state index is 0.0774. The number of esters is 1. The lowest BCUT2D eigenvalue weighted by Crippen LogP contribution is -2.38. The fourth-order valence-corrected chi connectivity index (χ4v) is 4.25. The van der Waals surface area contributed by atoms with Crippen molar-refractivity contribution in [3.05, 3.63) is 34.3 Å². The molecule has 22 heavy (non-hydrogen) atoms. The first-order valence-corrected chi connectivity index (χ1v) is 8.50. The number of nitrogens with zero attached hydrogens (tertiary/aromatic N) is 1. The molecule has 0 N–H and O–H groups in total. The smallest absolute Gasteiger partial charge is 0.313 e. The van der Waals surface area contributed by atoms with Gasteiger partial charge >= 0.3 is 5.97 Å². The minimum Gasteiger partial charge on any atom is -0.493 e. The molecule has 0 saturated carbocycles. The van der Waals surface area contributed by atoms with Crippen LogP contribution in [0.3, 0.4) is 0 Å². The second-order valence-corrected chi connectivity index (χ2v) is 6.41. The minimum atomic E-state index is -0.115. The summed E-state index contributed by atoms with van der Waals surface area (Å²) < 4.78 is 11.3. The van der Waals surface area contributed by atoms with Gasteiger partial charge in [-0.05, 0) is 50.2 Å². The first-order chi connectivity index (χ1) is 10.8. The molecule has 3 aliphatic heterocycles. The van der Waals surface area contributed by atoms with E-state index in [2.05, 4.69) is 11.0 Å². The average Bonchev–Trinajstić information content (AvgIpc) is 2.55. The topological polar surface area (TPSA) is 38.8 Å². The molecule has 3 heterocycles. The van der Waals surface area contributed by atoms with Crippen molar-refractivity contribution in [2.24, 2.45) is 5.92 Å². The van der Waals surface area contributed by atoms with Crippen molar-refractivity contribution in [1.29, 1.82) is 0 Å². The van der Waals surface area contributed by atoms with Crippen molar-refractivity contribution in [3.63, 3.8) is 0 Å². The number of carbonyl (C=O) groups excluding carboxylic acids is 1. The van der Waals surface area contributed by atoms with Gasteiger partial charge in [0, 0.05) is 24.4 Å². The third-order valence-electron chi connectivity index (χ3n) is 5.14. The van der Waals surface area contributed by atoms with E-state index >= 15 is 0 Å². The van der Waals surface area contributed by atoms with E-state index in [0.717, 1.165) is 44.5 Å². The fraction of sp³-hybridized carbons (Fsp3) is 0.611. The molecule has 4 nitrogen and oxygen atoms in total. The molecule has 0 aromatic rings. The number of rotatable bonds is 2. The van der Waals surface area contributed by atoms with Crippen LogP contribution in [-0.4, -0.2) is 37.2 Å².